The fourth-order valence-electron chi connectivity index (χ4n) is 1.18. The van der Waals surface area contributed by atoms with Gasteiger partial charge < -0.3 is 9.84 Å². The number of nitrogens with zero attached hydrogens (tertiary/aromatic N) is 1. The number of aromatic nitrogens is 1. The zero-order valence-corrected chi connectivity index (χ0v) is 8.46. The van der Waals surface area contributed by atoms with Crippen molar-refractivity contribution in [2.24, 2.45) is 0 Å². The number of fused-ring (bicyclic) bond motifs is 1. The highest BCUT2D eigenvalue weighted by Gasteiger charge is 1.98. The molecule has 0 unspecified atom stereocenters. The van der Waals surface area contributed by atoms with E-state index < -0.39 is 0 Å². The van der Waals surface area contributed by atoms with Crippen molar-refractivity contribution in [2.75, 3.05) is 13.2 Å². The number of thiazole rings is 1. The van der Waals surface area contributed by atoms with E-state index in [-0.39, 0.29) is 6.61 Å². The van der Waals surface area contributed by atoms with Crippen molar-refractivity contribution in [1.29, 1.82) is 0 Å². The van der Waals surface area contributed by atoms with E-state index in [4.69, 9.17) is 9.84 Å². The zero-order valence-electron chi connectivity index (χ0n) is 7.64. The number of rotatable bonds is 4. The van der Waals surface area contributed by atoms with Gasteiger partial charge in [-0.1, -0.05) is 0 Å². The number of aliphatic hydroxyl groups excluding tert-OH is 1. The first-order valence-electron chi connectivity index (χ1n) is 4.47. The summed E-state index contributed by atoms with van der Waals surface area (Å²) in [4.78, 5) is 4.18. The molecule has 3 nitrogen and oxygen atoms in total. The first-order chi connectivity index (χ1) is 6.90. The number of hydrogen-bond acceptors (Lipinski definition) is 4. The minimum atomic E-state index is 0.169. The van der Waals surface area contributed by atoms with Gasteiger partial charge in [-0.15, -0.1) is 11.3 Å². The van der Waals surface area contributed by atoms with Crippen molar-refractivity contribution in [3.05, 3.63) is 23.7 Å². The molecule has 1 aromatic carbocycles. The third-order valence-corrected chi connectivity index (χ3v) is 2.67. The summed E-state index contributed by atoms with van der Waals surface area (Å²) in [5.74, 6) is 0.843. The van der Waals surface area contributed by atoms with Crippen LogP contribution in [0.4, 0.5) is 0 Å². The van der Waals surface area contributed by atoms with E-state index in [1.54, 1.807) is 11.3 Å². The lowest BCUT2D eigenvalue weighted by atomic mass is 10.3. The van der Waals surface area contributed by atoms with E-state index in [0.717, 1.165) is 16.0 Å². The smallest absolute Gasteiger partial charge is 0.120 e. The van der Waals surface area contributed by atoms with Gasteiger partial charge in [0.25, 0.3) is 0 Å². The van der Waals surface area contributed by atoms with Crippen LogP contribution in [0.5, 0.6) is 5.75 Å². The molecule has 0 spiro atoms. The number of hydrogen-bond donors (Lipinski definition) is 1. The molecule has 0 bridgehead atoms. The average molecular weight is 209 g/mol. The Labute approximate surface area is 86.0 Å². The fraction of sp³-hybridized carbons (Fsp3) is 0.300. The fourth-order valence-corrected chi connectivity index (χ4v) is 1.89. The average Bonchev–Trinajstić information content (AvgIpc) is 2.65. The third-order valence-electron chi connectivity index (χ3n) is 1.87. The molecular weight excluding hydrogens is 198 g/mol. The maximum absolute atomic E-state index is 8.60. The van der Waals surface area contributed by atoms with E-state index >= 15 is 0 Å². The summed E-state index contributed by atoms with van der Waals surface area (Å²) in [7, 11) is 0. The van der Waals surface area contributed by atoms with E-state index in [2.05, 4.69) is 4.98 Å². The molecule has 1 heterocycles. The van der Waals surface area contributed by atoms with Crippen molar-refractivity contribution in [3.63, 3.8) is 0 Å². The topological polar surface area (TPSA) is 42.4 Å². The summed E-state index contributed by atoms with van der Waals surface area (Å²) in [5, 5.41) is 8.60. The summed E-state index contributed by atoms with van der Waals surface area (Å²) < 4.78 is 6.57. The van der Waals surface area contributed by atoms with Crippen molar-refractivity contribution < 1.29 is 9.84 Å². The molecule has 0 aliphatic heterocycles. The van der Waals surface area contributed by atoms with Gasteiger partial charge in [0.05, 0.1) is 22.3 Å². The maximum Gasteiger partial charge on any atom is 0.120 e. The lowest BCUT2D eigenvalue weighted by molar-refractivity contribution is 0.234. The Morgan fingerprint density at radius 1 is 1.43 bits per heavy atom. The highest BCUT2D eigenvalue weighted by molar-refractivity contribution is 7.16. The molecule has 1 N–H and O–H groups in total. The van der Waals surface area contributed by atoms with Gasteiger partial charge in [-0.2, -0.15) is 0 Å². The van der Waals surface area contributed by atoms with Crippen LogP contribution < -0.4 is 4.74 Å². The quantitative estimate of drug-likeness (QED) is 0.784. The summed E-state index contributed by atoms with van der Waals surface area (Å²) in [6.45, 7) is 0.726. The van der Waals surface area contributed by atoms with Gasteiger partial charge in [0.1, 0.15) is 5.75 Å². The molecule has 4 heteroatoms. The van der Waals surface area contributed by atoms with Gasteiger partial charge in [0.2, 0.25) is 0 Å². The minimum Gasteiger partial charge on any atom is -0.493 e. The molecule has 0 radical (unpaired) electrons. The van der Waals surface area contributed by atoms with Crippen molar-refractivity contribution >= 4 is 21.6 Å². The Morgan fingerprint density at radius 2 is 2.36 bits per heavy atom. The molecule has 0 aliphatic rings. The van der Waals surface area contributed by atoms with E-state index in [1.165, 1.54) is 0 Å². The summed E-state index contributed by atoms with van der Waals surface area (Å²) in [5.41, 5.74) is 2.83. The standard InChI is InChI=1S/C10H11NO2S/c12-4-1-5-13-8-2-3-9-10(6-8)14-7-11-9/h2-3,6-7,12H,1,4-5H2. The number of benzene rings is 1. The molecule has 74 valence electrons. The van der Waals surface area contributed by atoms with Crippen molar-refractivity contribution in [3.8, 4) is 5.75 Å². The van der Waals surface area contributed by atoms with Crippen LogP contribution in [0, 0.1) is 0 Å². The van der Waals surface area contributed by atoms with Gasteiger partial charge in [-0.25, -0.2) is 4.98 Å². The summed E-state index contributed by atoms with van der Waals surface area (Å²) >= 11 is 1.60. The molecule has 14 heavy (non-hydrogen) atoms. The molecule has 0 fully saturated rings. The van der Waals surface area contributed by atoms with E-state index in [0.29, 0.717) is 13.0 Å². The van der Waals surface area contributed by atoms with Crippen LogP contribution in [-0.4, -0.2) is 23.3 Å². The normalized spacial score (nSPS) is 10.6. The molecule has 0 amide bonds. The van der Waals surface area contributed by atoms with Crippen LogP contribution in [0.15, 0.2) is 23.7 Å². The number of ether oxygens (including phenoxy) is 1. The summed E-state index contributed by atoms with van der Waals surface area (Å²) in [6.07, 6.45) is 0.667. The molecule has 2 rings (SSSR count). The van der Waals surface area contributed by atoms with Crippen molar-refractivity contribution in [2.45, 2.75) is 6.42 Å². The molecular formula is C10H11NO2S. The third kappa shape index (κ3) is 2.02. The Hall–Kier alpha value is -1.13. The lowest BCUT2D eigenvalue weighted by Gasteiger charge is -2.03. The van der Waals surface area contributed by atoms with Crippen LogP contribution in [0.3, 0.4) is 0 Å². The largest absolute Gasteiger partial charge is 0.493 e. The Balaban J connectivity index is 2.10. The second-order valence-corrected chi connectivity index (χ2v) is 3.79. The molecule has 0 saturated heterocycles. The highest BCUT2D eigenvalue weighted by atomic mass is 32.1. The number of aliphatic hydroxyl groups is 1. The van der Waals surface area contributed by atoms with E-state index in [1.807, 2.05) is 23.7 Å². The Bertz CT molecular complexity index is 413. The van der Waals surface area contributed by atoms with Gasteiger partial charge in [-0.3, -0.25) is 0 Å². The van der Waals surface area contributed by atoms with Crippen LogP contribution in [0.1, 0.15) is 6.42 Å². The maximum atomic E-state index is 8.60. The predicted molar refractivity (Wildman–Crippen MR) is 56.8 cm³/mol. The van der Waals surface area contributed by atoms with Crippen molar-refractivity contribution in [1.82, 2.24) is 4.98 Å². The van der Waals surface area contributed by atoms with Gasteiger partial charge >= 0.3 is 0 Å². The SMILES string of the molecule is OCCCOc1ccc2ncsc2c1. The minimum absolute atomic E-state index is 0.169. The second kappa shape index (κ2) is 4.39. The second-order valence-electron chi connectivity index (χ2n) is 2.91. The molecule has 2 aromatic rings. The van der Waals surface area contributed by atoms with Crippen LogP contribution in [0.2, 0.25) is 0 Å². The van der Waals surface area contributed by atoms with Crippen LogP contribution in [-0.2, 0) is 0 Å². The van der Waals surface area contributed by atoms with Crippen LogP contribution in [0.25, 0.3) is 10.2 Å². The zero-order chi connectivity index (χ0) is 9.80. The van der Waals surface area contributed by atoms with E-state index in [9.17, 15) is 0 Å². The van der Waals surface area contributed by atoms with Gasteiger partial charge in [0.15, 0.2) is 0 Å². The predicted octanol–water partition coefficient (Wildman–Crippen LogP) is 2.06. The molecule has 0 saturated carbocycles. The first kappa shape index (κ1) is 9.43. The lowest BCUT2D eigenvalue weighted by Crippen LogP contribution is -1.99. The van der Waals surface area contributed by atoms with Gasteiger partial charge in [-0.05, 0) is 18.2 Å². The monoisotopic (exact) mass is 209 g/mol. The molecule has 1 aromatic heterocycles. The van der Waals surface area contributed by atoms with Crippen LogP contribution >= 0.6 is 11.3 Å². The highest BCUT2D eigenvalue weighted by Crippen LogP contribution is 2.23. The van der Waals surface area contributed by atoms with Gasteiger partial charge in [0, 0.05) is 13.0 Å². The molecule has 0 aliphatic carbocycles. The first-order valence-corrected chi connectivity index (χ1v) is 5.35. The Kier molecular flexibility index (Phi) is 2.96. The Morgan fingerprint density at radius 3 is 3.21 bits per heavy atom. The molecule has 0 atom stereocenters. The summed E-state index contributed by atoms with van der Waals surface area (Å²) in [6, 6.07) is 5.82.